The molecule has 2 aromatic carbocycles. The smallest absolute Gasteiger partial charge is 0.231 e. The molecule has 0 aliphatic rings. The Labute approximate surface area is 202 Å². The fourth-order valence-corrected chi connectivity index (χ4v) is 5.50. The first kappa shape index (κ1) is 23.2. The van der Waals surface area contributed by atoms with Crippen LogP contribution in [0.2, 0.25) is 0 Å². The molecule has 2 heterocycles. The molecule has 170 valence electrons. The van der Waals surface area contributed by atoms with Crippen LogP contribution in [0.5, 0.6) is 0 Å². The van der Waals surface area contributed by atoms with Crippen LogP contribution in [-0.4, -0.2) is 18.1 Å². The number of rotatable bonds is 10. The number of benzene rings is 2. The quantitative estimate of drug-likeness (QED) is 0.214. The third-order valence-corrected chi connectivity index (χ3v) is 7.37. The molecule has 0 saturated heterocycles. The topological polar surface area (TPSA) is 65.6 Å². The minimum atomic E-state index is 0.690. The van der Waals surface area contributed by atoms with Gasteiger partial charge in [0.25, 0.3) is 0 Å². The molecule has 0 N–H and O–H groups in total. The van der Waals surface area contributed by atoms with Crippen molar-refractivity contribution in [2.24, 2.45) is 20.5 Å². The molecule has 0 atom stereocenters. The van der Waals surface area contributed by atoms with Crippen molar-refractivity contribution in [1.82, 2.24) is 4.98 Å². The molecular formula is C25H28N6S2. The Bertz CT molecular complexity index is 1190. The summed E-state index contributed by atoms with van der Waals surface area (Å²) in [6.45, 7) is 8.51. The Balaban J connectivity index is 1.36. The first-order chi connectivity index (χ1) is 16.2. The zero-order valence-electron chi connectivity index (χ0n) is 19.2. The molecule has 33 heavy (non-hydrogen) atoms. The highest BCUT2D eigenvalue weighted by molar-refractivity contribution is 7.28. The minimum Gasteiger partial charge on any atom is -0.372 e. The van der Waals surface area contributed by atoms with E-state index < -0.39 is 0 Å². The van der Waals surface area contributed by atoms with Crippen LogP contribution >= 0.6 is 22.7 Å². The van der Waals surface area contributed by atoms with Gasteiger partial charge in [-0.1, -0.05) is 24.7 Å². The molecule has 0 aliphatic carbocycles. The van der Waals surface area contributed by atoms with Gasteiger partial charge in [-0.25, -0.2) is 4.98 Å². The molecule has 4 rings (SSSR count). The lowest BCUT2D eigenvalue weighted by Crippen LogP contribution is -2.21. The Hall–Kier alpha value is -2.97. The predicted octanol–water partition coefficient (Wildman–Crippen LogP) is 9.38. The maximum absolute atomic E-state index is 4.60. The van der Waals surface area contributed by atoms with E-state index >= 15 is 0 Å². The minimum absolute atomic E-state index is 0.690. The zero-order chi connectivity index (χ0) is 23.0. The summed E-state index contributed by atoms with van der Waals surface area (Å²) in [6, 6.07) is 17.9. The van der Waals surface area contributed by atoms with Gasteiger partial charge < -0.3 is 4.90 Å². The van der Waals surface area contributed by atoms with Gasteiger partial charge in [0.05, 0.1) is 21.8 Å². The first-order valence-corrected chi connectivity index (χ1v) is 13.0. The number of thiazole rings is 1. The van der Waals surface area contributed by atoms with Crippen molar-refractivity contribution < 1.29 is 0 Å². The van der Waals surface area contributed by atoms with E-state index in [1.807, 2.05) is 36.4 Å². The molecule has 4 aromatic rings. The Morgan fingerprint density at radius 2 is 1.33 bits per heavy atom. The van der Waals surface area contributed by atoms with Crippen LogP contribution in [0, 0.1) is 0 Å². The van der Waals surface area contributed by atoms with E-state index in [0.29, 0.717) is 5.13 Å². The Morgan fingerprint density at radius 1 is 0.758 bits per heavy atom. The van der Waals surface area contributed by atoms with Crippen LogP contribution in [0.25, 0.3) is 9.53 Å². The molecule has 0 saturated carbocycles. The van der Waals surface area contributed by atoms with Gasteiger partial charge in [-0.3, -0.25) is 0 Å². The molecular weight excluding hydrogens is 448 g/mol. The maximum Gasteiger partial charge on any atom is 0.231 e. The lowest BCUT2D eigenvalue weighted by atomic mass is 10.2. The highest BCUT2D eigenvalue weighted by atomic mass is 32.1. The molecule has 0 bridgehead atoms. The molecule has 0 fully saturated rings. The summed E-state index contributed by atoms with van der Waals surface area (Å²) in [5, 5.41) is 18.0. The van der Waals surface area contributed by atoms with Crippen molar-refractivity contribution in [3.05, 3.63) is 59.5 Å². The second-order valence-electron chi connectivity index (χ2n) is 7.59. The van der Waals surface area contributed by atoms with Crippen LogP contribution in [0.3, 0.4) is 0 Å². The maximum atomic E-state index is 4.60. The van der Waals surface area contributed by atoms with Crippen molar-refractivity contribution in [3.63, 3.8) is 0 Å². The first-order valence-electron chi connectivity index (χ1n) is 11.4. The Kier molecular flexibility index (Phi) is 7.91. The van der Waals surface area contributed by atoms with Gasteiger partial charge in [0.1, 0.15) is 4.83 Å². The van der Waals surface area contributed by atoms with Gasteiger partial charge >= 0.3 is 0 Å². The summed E-state index contributed by atoms with van der Waals surface area (Å²) < 4.78 is 1.20. The number of thiophene rings is 1. The fourth-order valence-electron chi connectivity index (χ4n) is 3.41. The molecule has 0 amide bonds. The van der Waals surface area contributed by atoms with Gasteiger partial charge in [-0.05, 0) is 81.3 Å². The van der Waals surface area contributed by atoms with Gasteiger partial charge in [0.15, 0.2) is 0 Å². The number of aryl methyl sites for hydroxylation is 1. The van der Waals surface area contributed by atoms with Gasteiger partial charge in [0, 0.05) is 23.7 Å². The second kappa shape index (κ2) is 11.2. The van der Waals surface area contributed by atoms with Crippen LogP contribution in [0.1, 0.15) is 38.5 Å². The van der Waals surface area contributed by atoms with Crippen molar-refractivity contribution in [3.8, 4) is 0 Å². The molecule has 2 aromatic heterocycles. The van der Waals surface area contributed by atoms with E-state index in [4.69, 9.17) is 0 Å². The number of unbranched alkanes of at least 4 members (excludes halogenated alkanes) is 1. The molecule has 0 spiro atoms. The fraction of sp³-hybridized carbons (Fsp3) is 0.320. The van der Waals surface area contributed by atoms with Crippen molar-refractivity contribution >= 4 is 60.1 Å². The summed E-state index contributed by atoms with van der Waals surface area (Å²) in [4.78, 5) is 9.36. The van der Waals surface area contributed by atoms with Crippen molar-refractivity contribution in [2.45, 2.75) is 40.0 Å². The lowest BCUT2D eigenvalue weighted by molar-refractivity contribution is 0.804. The standard InChI is InChI=1S/C25H28N6S2/c1-4-7-8-22-17-23-24(32-22)26-25(33-23)30-29-19-11-9-18(10-12-19)27-28-20-13-15-21(16-14-20)31(5-2)6-3/h9-17H,4-8H2,1-3H3. The highest BCUT2D eigenvalue weighted by Gasteiger charge is 2.08. The van der Waals surface area contributed by atoms with E-state index in [9.17, 15) is 0 Å². The van der Waals surface area contributed by atoms with Gasteiger partial charge in [-0.2, -0.15) is 10.2 Å². The number of azo groups is 2. The Morgan fingerprint density at radius 3 is 1.88 bits per heavy atom. The van der Waals surface area contributed by atoms with E-state index in [0.717, 1.165) is 41.4 Å². The second-order valence-corrected chi connectivity index (χ2v) is 9.71. The van der Waals surface area contributed by atoms with Gasteiger partial charge in [0.2, 0.25) is 5.13 Å². The third kappa shape index (κ3) is 6.09. The van der Waals surface area contributed by atoms with Crippen LogP contribution in [0.4, 0.5) is 27.9 Å². The largest absolute Gasteiger partial charge is 0.372 e. The number of nitrogens with zero attached hydrogens (tertiary/aromatic N) is 6. The van der Waals surface area contributed by atoms with E-state index in [-0.39, 0.29) is 0 Å². The third-order valence-electron chi connectivity index (χ3n) is 5.27. The molecule has 0 radical (unpaired) electrons. The van der Waals surface area contributed by atoms with Crippen LogP contribution < -0.4 is 4.90 Å². The monoisotopic (exact) mass is 476 g/mol. The summed E-state index contributed by atoms with van der Waals surface area (Å²) in [7, 11) is 0. The predicted molar refractivity (Wildman–Crippen MR) is 141 cm³/mol. The summed E-state index contributed by atoms with van der Waals surface area (Å²) in [5.41, 5.74) is 3.57. The number of fused-ring (bicyclic) bond motifs is 1. The van der Waals surface area contributed by atoms with Crippen molar-refractivity contribution in [2.75, 3.05) is 18.0 Å². The molecule has 8 heteroatoms. The number of anilines is 1. The summed E-state index contributed by atoms with van der Waals surface area (Å²) in [6.07, 6.45) is 3.56. The van der Waals surface area contributed by atoms with Gasteiger partial charge in [-0.15, -0.1) is 21.6 Å². The lowest BCUT2D eigenvalue weighted by Gasteiger charge is -2.20. The molecule has 6 nitrogen and oxygen atoms in total. The SMILES string of the molecule is CCCCc1cc2sc(N=Nc3ccc(N=Nc4ccc(N(CC)CC)cc4)cc3)nc2s1. The van der Waals surface area contributed by atoms with Crippen LogP contribution in [0.15, 0.2) is 75.1 Å². The number of hydrogen-bond donors (Lipinski definition) is 0. The van der Waals surface area contributed by atoms with E-state index in [1.165, 1.54) is 28.1 Å². The van der Waals surface area contributed by atoms with Crippen molar-refractivity contribution in [1.29, 1.82) is 0 Å². The number of aromatic nitrogens is 1. The normalized spacial score (nSPS) is 11.8. The average Bonchev–Trinajstić information content (AvgIpc) is 3.41. The average molecular weight is 477 g/mol. The highest BCUT2D eigenvalue weighted by Crippen LogP contribution is 2.35. The molecule has 0 unspecified atom stereocenters. The zero-order valence-corrected chi connectivity index (χ0v) is 20.9. The number of hydrogen-bond acceptors (Lipinski definition) is 8. The van der Waals surface area contributed by atoms with E-state index in [2.05, 4.69) is 69.3 Å². The molecule has 0 aliphatic heterocycles. The summed E-state index contributed by atoms with van der Waals surface area (Å²) in [5.74, 6) is 0. The van der Waals surface area contributed by atoms with Crippen LogP contribution in [-0.2, 0) is 6.42 Å². The summed E-state index contributed by atoms with van der Waals surface area (Å²) >= 11 is 3.35. The van der Waals surface area contributed by atoms with E-state index in [1.54, 1.807) is 22.7 Å².